The van der Waals surface area contributed by atoms with Gasteiger partial charge in [0.05, 0.1) is 5.69 Å². The van der Waals surface area contributed by atoms with Crippen LogP contribution in [0.4, 0.5) is 0 Å². The van der Waals surface area contributed by atoms with Crippen molar-refractivity contribution in [2.45, 2.75) is 13.8 Å². The van der Waals surface area contributed by atoms with Crippen molar-refractivity contribution in [3.8, 4) is 11.4 Å². The molecule has 1 heterocycles. The molecule has 2 rings (SSSR count). The van der Waals surface area contributed by atoms with Crippen LogP contribution < -0.4 is 0 Å². The predicted molar refractivity (Wildman–Crippen MR) is 64.6 cm³/mol. The molecule has 0 radical (unpaired) electrons. The first-order valence-corrected chi connectivity index (χ1v) is 5.53. The van der Waals surface area contributed by atoms with Gasteiger partial charge in [0, 0.05) is 15.9 Å². The van der Waals surface area contributed by atoms with E-state index in [-0.39, 0.29) is 5.75 Å². The van der Waals surface area contributed by atoms with Gasteiger partial charge in [-0.1, -0.05) is 0 Å². The molecule has 0 spiro atoms. The van der Waals surface area contributed by atoms with Crippen LogP contribution in [-0.4, -0.2) is 9.67 Å². The van der Waals surface area contributed by atoms with Crippen molar-refractivity contribution in [3.05, 3.63) is 46.2 Å². The van der Waals surface area contributed by atoms with Crippen LogP contribution >= 0.6 is 15.9 Å². The van der Waals surface area contributed by atoms with Gasteiger partial charge in [-0.2, -0.15) is 0 Å². The summed E-state index contributed by atoms with van der Waals surface area (Å²) in [5.41, 5.74) is 3.41. The lowest BCUT2D eigenvalue weighted by atomic mass is 10.3. The van der Waals surface area contributed by atoms with Gasteiger partial charge in [0.2, 0.25) is 0 Å². The van der Waals surface area contributed by atoms with E-state index < -0.39 is 0 Å². The van der Waals surface area contributed by atoms with Gasteiger partial charge in [0.15, 0.2) is 0 Å². The van der Waals surface area contributed by atoms with Gasteiger partial charge in [0.25, 0.3) is 0 Å². The normalized spacial score (nSPS) is 10.6. The monoisotopic (exact) mass is 265 g/mol. The number of aromatic nitrogens is 1. The van der Waals surface area contributed by atoms with Crippen LogP contribution in [0.15, 0.2) is 34.8 Å². The highest BCUT2D eigenvalue weighted by Gasteiger charge is 2.07. The van der Waals surface area contributed by atoms with E-state index in [1.54, 1.807) is 12.1 Å². The zero-order chi connectivity index (χ0) is 11.0. The molecule has 1 N–H and O–H groups in total. The van der Waals surface area contributed by atoms with Crippen LogP contribution in [0.3, 0.4) is 0 Å². The topological polar surface area (TPSA) is 25.2 Å². The van der Waals surface area contributed by atoms with Crippen molar-refractivity contribution < 1.29 is 5.11 Å². The third kappa shape index (κ3) is 1.79. The minimum atomic E-state index is 0.271. The highest BCUT2D eigenvalue weighted by Crippen LogP contribution is 2.27. The second kappa shape index (κ2) is 3.74. The molecule has 78 valence electrons. The lowest BCUT2D eigenvalue weighted by Gasteiger charge is -2.11. The molecule has 15 heavy (non-hydrogen) atoms. The molecule has 0 bridgehead atoms. The Morgan fingerprint density at radius 3 is 2.20 bits per heavy atom. The van der Waals surface area contributed by atoms with Crippen LogP contribution in [-0.2, 0) is 0 Å². The first-order valence-electron chi connectivity index (χ1n) is 4.73. The zero-order valence-electron chi connectivity index (χ0n) is 8.66. The van der Waals surface area contributed by atoms with Gasteiger partial charge < -0.3 is 9.67 Å². The fourth-order valence-electron chi connectivity index (χ4n) is 1.73. The number of aromatic hydroxyl groups is 1. The lowest BCUT2D eigenvalue weighted by Crippen LogP contribution is -1.99. The summed E-state index contributed by atoms with van der Waals surface area (Å²) in [6, 6.07) is 9.45. The van der Waals surface area contributed by atoms with Crippen LogP contribution in [0.1, 0.15) is 11.4 Å². The fraction of sp³-hybridized carbons (Fsp3) is 0.167. The van der Waals surface area contributed by atoms with Crippen molar-refractivity contribution in [1.29, 1.82) is 0 Å². The van der Waals surface area contributed by atoms with E-state index in [2.05, 4.69) is 46.5 Å². The van der Waals surface area contributed by atoms with Crippen molar-refractivity contribution >= 4 is 15.9 Å². The number of benzene rings is 1. The first kappa shape index (κ1) is 10.3. The molecule has 0 saturated carbocycles. The average molecular weight is 266 g/mol. The summed E-state index contributed by atoms with van der Waals surface area (Å²) >= 11 is 3.46. The molecule has 0 aliphatic heterocycles. The quantitative estimate of drug-likeness (QED) is 0.838. The third-order valence-corrected chi connectivity index (χ3v) is 3.08. The lowest BCUT2D eigenvalue weighted by molar-refractivity contribution is 0.475. The van der Waals surface area contributed by atoms with Gasteiger partial charge in [-0.25, -0.2) is 0 Å². The number of aryl methyl sites for hydroxylation is 2. The maximum Gasteiger partial charge on any atom is 0.116 e. The number of nitrogens with zero attached hydrogens (tertiary/aromatic N) is 1. The molecule has 0 atom stereocenters. The fourth-order valence-corrected chi connectivity index (χ4v) is 2.27. The van der Waals surface area contributed by atoms with Crippen molar-refractivity contribution in [2.75, 3.05) is 0 Å². The maximum atomic E-state index is 9.33. The van der Waals surface area contributed by atoms with E-state index in [0.717, 1.165) is 10.2 Å². The molecular formula is C12H12BrNO. The Morgan fingerprint density at radius 1 is 1.07 bits per heavy atom. The van der Waals surface area contributed by atoms with Crippen molar-refractivity contribution in [3.63, 3.8) is 0 Å². The summed E-state index contributed by atoms with van der Waals surface area (Å²) in [6.07, 6.45) is 0. The number of halogens is 1. The Balaban J connectivity index is 2.64. The second-order valence-corrected chi connectivity index (χ2v) is 4.44. The molecule has 0 unspecified atom stereocenters. The smallest absolute Gasteiger partial charge is 0.116 e. The van der Waals surface area contributed by atoms with Gasteiger partial charge in [0.1, 0.15) is 5.75 Å². The minimum Gasteiger partial charge on any atom is -0.508 e. The Morgan fingerprint density at radius 2 is 1.67 bits per heavy atom. The van der Waals surface area contributed by atoms with E-state index in [1.807, 2.05) is 6.07 Å². The summed E-state index contributed by atoms with van der Waals surface area (Å²) in [4.78, 5) is 0. The third-order valence-electron chi connectivity index (χ3n) is 2.44. The van der Waals surface area contributed by atoms with E-state index in [0.29, 0.717) is 0 Å². The molecule has 3 heteroatoms. The summed E-state index contributed by atoms with van der Waals surface area (Å²) in [6.45, 7) is 4.12. The molecule has 1 aromatic carbocycles. The summed E-state index contributed by atoms with van der Waals surface area (Å²) in [5.74, 6) is 0.271. The van der Waals surface area contributed by atoms with Crippen molar-refractivity contribution in [1.82, 2.24) is 4.57 Å². The number of phenolic OH excluding ortho intramolecular Hbond substituents is 1. The largest absolute Gasteiger partial charge is 0.508 e. The van der Waals surface area contributed by atoms with Gasteiger partial charge >= 0.3 is 0 Å². The van der Waals surface area contributed by atoms with Gasteiger partial charge in [-0.05, 0) is 60.1 Å². The molecule has 0 amide bonds. The number of hydrogen-bond acceptors (Lipinski definition) is 1. The summed E-state index contributed by atoms with van der Waals surface area (Å²) < 4.78 is 3.04. The molecule has 1 aromatic heterocycles. The van der Waals surface area contributed by atoms with Gasteiger partial charge in [-0.15, -0.1) is 0 Å². The Bertz CT molecular complexity index is 483. The Kier molecular flexibility index (Phi) is 2.57. The molecular weight excluding hydrogens is 254 g/mol. The zero-order valence-corrected chi connectivity index (χ0v) is 10.2. The molecule has 2 nitrogen and oxygen atoms in total. The van der Waals surface area contributed by atoms with E-state index >= 15 is 0 Å². The molecule has 2 aromatic rings. The van der Waals surface area contributed by atoms with Gasteiger partial charge in [-0.3, -0.25) is 0 Å². The van der Waals surface area contributed by atoms with Crippen molar-refractivity contribution in [2.24, 2.45) is 0 Å². The van der Waals surface area contributed by atoms with Crippen LogP contribution in [0.2, 0.25) is 0 Å². The van der Waals surface area contributed by atoms with Crippen LogP contribution in [0.25, 0.3) is 5.69 Å². The Hall–Kier alpha value is -1.22. The van der Waals surface area contributed by atoms with E-state index in [9.17, 15) is 5.11 Å². The first-order chi connectivity index (χ1) is 7.09. The summed E-state index contributed by atoms with van der Waals surface area (Å²) in [5, 5.41) is 9.33. The molecule has 0 saturated heterocycles. The van der Waals surface area contributed by atoms with Crippen LogP contribution in [0.5, 0.6) is 5.75 Å². The number of phenols is 1. The van der Waals surface area contributed by atoms with Crippen LogP contribution in [0, 0.1) is 13.8 Å². The SMILES string of the molecule is Cc1ccc(C)n1-c1ccc(O)cc1Br. The molecule has 0 aliphatic rings. The molecule has 0 fully saturated rings. The minimum absolute atomic E-state index is 0.271. The maximum absolute atomic E-state index is 9.33. The highest BCUT2D eigenvalue weighted by molar-refractivity contribution is 9.10. The number of rotatable bonds is 1. The standard InChI is InChI=1S/C12H12BrNO/c1-8-3-4-9(2)14(8)12-6-5-10(15)7-11(12)13/h3-7,15H,1-2H3. The van der Waals surface area contributed by atoms with E-state index in [4.69, 9.17) is 0 Å². The highest BCUT2D eigenvalue weighted by atomic mass is 79.9. The Labute approximate surface area is 97.3 Å². The summed E-state index contributed by atoms with van der Waals surface area (Å²) in [7, 11) is 0. The second-order valence-electron chi connectivity index (χ2n) is 3.59. The average Bonchev–Trinajstić information content (AvgIpc) is 2.48. The predicted octanol–water partition coefficient (Wildman–Crippen LogP) is 3.56. The molecule has 0 aliphatic carbocycles. The van der Waals surface area contributed by atoms with E-state index in [1.165, 1.54) is 11.4 Å². The number of hydrogen-bond donors (Lipinski definition) is 1.